The molecular weight excluding hydrogens is 313 g/mol. The number of carbonyl (C=O) groups excluding carboxylic acids is 1. The molecule has 0 unspecified atom stereocenters. The van der Waals surface area contributed by atoms with Crippen molar-refractivity contribution in [1.29, 1.82) is 0 Å². The van der Waals surface area contributed by atoms with E-state index < -0.39 is 15.1 Å². The number of aromatic nitrogens is 2. The van der Waals surface area contributed by atoms with Crippen LogP contribution >= 0.6 is 0 Å². The first-order valence-corrected chi connectivity index (χ1v) is 8.27. The third-order valence-electron chi connectivity index (χ3n) is 2.70. The lowest BCUT2D eigenvalue weighted by molar-refractivity contribution is -0.120. The van der Waals surface area contributed by atoms with E-state index in [1.54, 1.807) is 0 Å². The number of benzene rings is 1. The third-order valence-corrected chi connectivity index (χ3v) is 3.50. The monoisotopic (exact) mass is 327 g/mol. The number of hydrogen-bond acceptors (Lipinski definition) is 6. The first kappa shape index (κ1) is 16.1. The summed E-state index contributed by atoms with van der Waals surface area (Å²) in [4.78, 5) is 11.7. The first-order valence-electron chi connectivity index (χ1n) is 6.38. The zero-order valence-electron chi connectivity index (χ0n) is 11.7. The number of hydrogen-bond donors (Lipinski definition) is 1. The van der Waals surface area contributed by atoms with E-state index in [9.17, 15) is 17.6 Å². The minimum Gasteiger partial charge on any atom is -0.412 e. The second kappa shape index (κ2) is 6.65. The van der Waals surface area contributed by atoms with Crippen LogP contribution in [0.25, 0.3) is 0 Å². The summed E-state index contributed by atoms with van der Waals surface area (Å²) >= 11 is 0. The summed E-state index contributed by atoms with van der Waals surface area (Å²) in [5.74, 6) is -0.473. The van der Waals surface area contributed by atoms with Crippen molar-refractivity contribution in [2.75, 3.05) is 12.8 Å². The summed E-state index contributed by atoms with van der Waals surface area (Å²) in [6.45, 7) is 0.228. The molecule has 0 atom stereocenters. The molecule has 1 aromatic heterocycles. The third kappa shape index (κ3) is 4.62. The number of carbonyl (C=O) groups is 1. The van der Waals surface area contributed by atoms with Gasteiger partial charge in [-0.05, 0) is 17.7 Å². The van der Waals surface area contributed by atoms with Gasteiger partial charge in [0.2, 0.25) is 21.6 Å². The van der Waals surface area contributed by atoms with Gasteiger partial charge < -0.3 is 9.73 Å². The van der Waals surface area contributed by atoms with Crippen LogP contribution in [0, 0.1) is 5.82 Å². The molecule has 0 saturated carbocycles. The van der Waals surface area contributed by atoms with Gasteiger partial charge >= 0.3 is 5.22 Å². The molecule has 7 nitrogen and oxygen atoms in total. The van der Waals surface area contributed by atoms with Crippen molar-refractivity contribution in [2.45, 2.75) is 18.1 Å². The van der Waals surface area contributed by atoms with Gasteiger partial charge in [-0.1, -0.05) is 17.2 Å². The van der Waals surface area contributed by atoms with Gasteiger partial charge in [-0.25, -0.2) is 12.8 Å². The summed E-state index contributed by atoms with van der Waals surface area (Å²) < 4.78 is 40.0. The van der Waals surface area contributed by atoms with Crippen molar-refractivity contribution in [2.24, 2.45) is 0 Å². The van der Waals surface area contributed by atoms with Crippen LogP contribution in [0.2, 0.25) is 0 Å². The van der Waals surface area contributed by atoms with Gasteiger partial charge in [-0.15, -0.1) is 5.10 Å². The van der Waals surface area contributed by atoms with Crippen molar-refractivity contribution in [3.63, 3.8) is 0 Å². The van der Waals surface area contributed by atoms with Crippen molar-refractivity contribution >= 4 is 15.7 Å². The van der Waals surface area contributed by atoms with Crippen molar-refractivity contribution in [3.05, 3.63) is 41.5 Å². The Morgan fingerprint density at radius 3 is 2.55 bits per heavy atom. The molecule has 9 heteroatoms. The summed E-state index contributed by atoms with van der Waals surface area (Å²) in [5, 5.41) is 9.18. The van der Waals surface area contributed by atoms with Gasteiger partial charge in [0.05, 0.1) is 6.42 Å². The highest BCUT2D eigenvalue weighted by molar-refractivity contribution is 7.90. The topological polar surface area (TPSA) is 102 Å². The maximum absolute atomic E-state index is 12.7. The summed E-state index contributed by atoms with van der Waals surface area (Å²) in [6.07, 6.45) is 1.31. The average Bonchev–Trinajstić information content (AvgIpc) is 2.90. The number of halogens is 1. The Hall–Kier alpha value is -2.29. The molecule has 2 rings (SSSR count). The molecule has 0 fully saturated rings. The molecule has 2 aromatic rings. The number of amides is 1. The van der Waals surface area contributed by atoms with E-state index in [-0.39, 0.29) is 37.0 Å². The molecule has 1 aromatic carbocycles. The van der Waals surface area contributed by atoms with E-state index in [2.05, 4.69) is 15.5 Å². The Balaban J connectivity index is 1.79. The standard InChI is InChI=1S/C13H14FN3O4S/c1-22(19,20)13-17-16-12(21-13)6-7-15-11(18)8-9-2-4-10(14)5-3-9/h2-5H,6-8H2,1H3,(H,15,18). The summed E-state index contributed by atoms with van der Waals surface area (Å²) in [5.41, 5.74) is 0.691. The predicted molar refractivity (Wildman–Crippen MR) is 74.2 cm³/mol. The Bertz CT molecular complexity index is 756. The average molecular weight is 327 g/mol. The summed E-state index contributed by atoms with van der Waals surface area (Å²) in [7, 11) is -3.53. The summed E-state index contributed by atoms with van der Waals surface area (Å²) in [6, 6.07) is 5.64. The molecule has 0 aliphatic heterocycles. The van der Waals surface area contributed by atoms with Gasteiger partial charge in [0.25, 0.3) is 0 Å². The molecule has 0 spiro atoms. The van der Waals surface area contributed by atoms with E-state index in [4.69, 9.17) is 4.42 Å². The lowest BCUT2D eigenvalue weighted by Crippen LogP contribution is -2.27. The molecule has 118 valence electrons. The van der Waals surface area contributed by atoms with Crippen molar-refractivity contribution < 1.29 is 22.0 Å². The van der Waals surface area contributed by atoms with Crippen LogP contribution in [0.1, 0.15) is 11.5 Å². The molecule has 22 heavy (non-hydrogen) atoms. The first-order chi connectivity index (χ1) is 10.3. The molecule has 0 aliphatic carbocycles. The normalized spacial score (nSPS) is 11.4. The lowest BCUT2D eigenvalue weighted by atomic mass is 10.1. The van der Waals surface area contributed by atoms with Crippen LogP contribution < -0.4 is 5.32 Å². The van der Waals surface area contributed by atoms with E-state index in [1.165, 1.54) is 24.3 Å². The largest absolute Gasteiger partial charge is 0.412 e. The van der Waals surface area contributed by atoms with Crippen LogP contribution in [-0.2, 0) is 27.5 Å². The SMILES string of the molecule is CS(=O)(=O)c1nnc(CCNC(=O)Cc2ccc(F)cc2)o1. The molecule has 0 saturated heterocycles. The van der Waals surface area contributed by atoms with Gasteiger partial charge in [0.1, 0.15) is 5.82 Å². The highest BCUT2D eigenvalue weighted by atomic mass is 32.2. The maximum Gasteiger partial charge on any atom is 0.335 e. The van der Waals surface area contributed by atoms with E-state index in [0.29, 0.717) is 5.56 Å². The molecule has 0 bridgehead atoms. The predicted octanol–water partition coefficient (Wildman–Crippen LogP) is 0.514. The molecule has 1 amide bonds. The fraction of sp³-hybridized carbons (Fsp3) is 0.308. The Kier molecular flexibility index (Phi) is 4.86. The van der Waals surface area contributed by atoms with Crippen LogP contribution in [-0.4, -0.2) is 37.3 Å². The van der Waals surface area contributed by atoms with Gasteiger partial charge in [0, 0.05) is 19.2 Å². The van der Waals surface area contributed by atoms with Crippen LogP contribution in [0.4, 0.5) is 4.39 Å². The van der Waals surface area contributed by atoms with E-state index >= 15 is 0 Å². The second-order valence-corrected chi connectivity index (χ2v) is 6.53. The minimum atomic E-state index is -3.53. The lowest BCUT2D eigenvalue weighted by Gasteiger charge is -2.03. The smallest absolute Gasteiger partial charge is 0.335 e. The van der Waals surface area contributed by atoms with Crippen LogP contribution in [0.15, 0.2) is 33.9 Å². The number of nitrogens with one attached hydrogen (secondary N) is 1. The van der Waals surface area contributed by atoms with Crippen molar-refractivity contribution in [1.82, 2.24) is 15.5 Å². The fourth-order valence-corrected chi connectivity index (χ4v) is 2.08. The number of rotatable bonds is 6. The molecule has 0 aliphatic rings. The molecule has 0 radical (unpaired) electrons. The molecule has 1 heterocycles. The molecule has 1 N–H and O–H groups in total. The Morgan fingerprint density at radius 1 is 1.27 bits per heavy atom. The van der Waals surface area contributed by atoms with E-state index in [0.717, 1.165) is 6.26 Å². The molecular formula is C13H14FN3O4S. The quantitative estimate of drug-likeness (QED) is 0.829. The van der Waals surface area contributed by atoms with Crippen molar-refractivity contribution in [3.8, 4) is 0 Å². The Morgan fingerprint density at radius 2 is 1.95 bits per heavy atom. The highest BCUT2D eigenvalue weighted by Gasteiger charge is 2.16. The number of sulfone groups is 1. The zero-order valence-corrected chi connectivity index (χ0v) is 12.6. The Labute approximate surface area is 126 Å². The van der Waals surface area contributed by atoms with Crippen LogP contribution in [0.5, 0.6) is 0 Å². The minimum absolute atomic E-state index is 0.124. The second-order valence-electron chi connectivity index (χ2n) is 4.64. The fourth-order valence-electron chi connectivity index (χ4n) is 1.65. The van der Waals surface area contributed by atoms with Crippen LogP contribution in [0.3, 0.4) is 0 Å². The number of nitrogens with zero attached hydrogens (tertiary/aromatic N) is 2. The van der Waals surface area contributed by atoms with Gasteiger partial charge in [-0.2, -0.15) is 0 Å². The zero-order chi connectivity index (χ0) is 16.2. The van der Waals surface area contributed by atoms with E-state index in [1.807, 2.05) is 0 Å². The van der Waals surface area contributed by atoms with Gasteiger partial charge in [-0.3, -0.25) is 4.79 Å². The highest BCUT2D eigenvalue weighted by Crippen LogP contribution is 2.07. The van der Waals surface area contributed by atoms with Gasteiger partial charge in [0.15, 0.2) is 0 Å². The maximum atomic E-state index is 12.7.